The summed E-state index contributed by atoms with van der Waals surface area (Å²) in [6, 6.07) is 10.6. The van der Waals surface area contributed by atoms with E-state index in [9.17, 15) is 0 Å². The zero-order valence-electron chi connectivity index (χ0n) is 29.1. The quantitative estimate of drug-likeness (QED) is 0.268. The molecule has 5 heteroatoms. The fourth-order valence-electron chi connectivity index (χ4n) is 7.41. The largest absolute Gasteiger partial charge is 0.375 e. The first-order valence-electron chi connectivity index (χ1n) is 17.2. The summed E-state index contributed by atoms with van der Waals surface area (Å²) in [5.41, 5.74) is 3.83. The number of piperidine rings is 1. The molecule has 3 fully saturated rings. The van der Waals surface area contributed by atoms with Gasteiger partial charge in [0.25, 0.3) is 0 Å². The highest BCUT2D eigenvalue weighted by molar-refractivity contribution is 5.49. The van der Waals surface area contributed by atoms with Gasteiger partial charge in [-0.2, -0.15) is 0 Å². The minimum absolute atomic E-state index is 0.155. The Morgan fingerprint density at radius 2 is 1.38 bits per heavy atom. The van der Waals surface area contributed by atoms with Crippen molar-refractivity contribution in [3.8, 4) is 0 Å². The molecule has 0 radical (unpaired) electrons. The van der Waals surface area contributed by atoms with Crippen molar-refractivity contribution in [1.29, 1.82) is 0 Å². The van der Waals surface area contributed by atoms with Crippen LogP contribution in [0.4, 0.5) is 5.69 Å². The van der Waals surface area contributed by atoms with Gasteiger partial charge in [0.2, 0.25) is 0 Å². The van der Waals surface area contributed by atoms with Crippen LogP contribution in [0.5, 0.6) is 0 Å². The minimum Gasteiger partial charge on any atom is -0.375 e. The average Bonchev–Trinajstić information content (AvgIpc) is 3.29. The third-order valence-electron chi connectivity index (χ3n) is 9.54. The number of hydrogen-bond acceptors (Lipinski definition) is 5. The van der Waals surface area contributed by atoms with E-state index in [0.717, 1.165) is 19.5 Å². The SMILES string of the molecule is CC(C)(C)CN1CCC(OC2CC(NC(C)(C)CCC(C)(C)Cc3ccc(N4CC[C@H](NC(C)(C)C)C4)cc3)C2)CC1. The third kappa shape index (κ3) is 11.1. The lowest BCUT2D eigenvalue weighted by Crippen LogP contribution is -2.55. The van der Waals surface area contributed by atoms with E-state index in [4.69, 9.17) is 4.74 Å². The first-order valence-corrected chi connectivity index (χ1v) is 17.2. The fourth-order valence-corrected chi connectivity index (χ4v) is 7.41. The van der Waals surface area contributed by atoms with E-state index in [1.807, 2.05) is 0 Å². The van der Waals surface area contributed by atoms with Crippen LogP contribution in [0.3, 0.4) is 0 Å². The van der Waals surface area contributed by atoms with Gasteiger partial charge in [-0.3, -0.25) is 0 Å². The molecule has 0 bridgehead atoms. The number of nitrogens with zero attached hydrogens (tertiary/aromatic N) is 2. The van der Waals surface area contributed by atoms with Crippen molar-refractivity contribution in [1.82, 2.24) is 15.5 Å². The molecule has 0 unspecified atom stereocenters. The van der Waals surface area contributed by atoms with Crippen molar-refractivity contribution < 1.29 is 4.74 Å². The Hall–Kier alpha value is -1.14. The standard InChI is InChI=1S/C37H66N4O/c1-34(2,3)27-40-20-16-32(17-21-40)42-33-23-30(24-33)39-37(9,10)19-18-36(7,8)25-28-11-13-31(14-12-28)41-22-15-29(26-41)38-35(4,5)6/h11-14,29-30,32-33,38-39H,15-27H2,1-10H3/t29-,30?,33?/m0/s1. The van der Waals surface area contributed by atoms with Crippen molar-refractivity contribution >= 4 is 5.69 Å². The van der Waals surface area contributed by atoms with E-state index in [1.54, 1.807) is 0 Å². The van der Waals surface area contributed by atoms with Gasteiger partial charge in [0.15, 0.2) is 0 Å². The Kier molecular flexibility index (Phi) is 10.8. The number of anilines is 1. The maximum absolute atomic E-state index is 6.52. The summed E-state index contributed by atoms with van der Waals surface area (Å²) in [6.07, 6.45) is 10.4. The lowest BCUT2D eigenvalue weighted by atomic mass is 9.77. The zero-order chi connectivity index (χ0) is 30.8. The van der Waals surface area contributed by atoms with Crippen molar-refractivity contribution in [2.75, 3.05) is 37.6 Å². The van der Waals surface area contributed by atoms with Gasteiger partial charge < -0.3 is 25.2 Å². The van der Waals surface area contributed by atoms with Gasteiger partial charge in [-0.05, 0) is 115 Å². The molecule has 5 nitrogen and oxygen atoms in total. The summed E-state index contributed by atoms with van der Waals surface area (Å²) in [5, 5.41) is 7.76. The van der Waals surface area contributed by atoms with Crippen molar-refractivity contribution in [2.24, 2.45) is 10.8 Å². The smallest absolute Gasteiger partial charge is 0.0608 e. The summed E-state index contributed by atoms with van der Waals surface area (Å²) < 4.78 is 6.52. The van der Waals surface area contributed by atoms with Crippen LogP contribution in [0.2, 0.25) is 0 Å². The van der Waals surface area contributed by atoms with Gasteiger partial charge in [-0.1, -0.05) is 46.8 Å². The Bertz CT molecular complexity index is 959. The summed E-state index contributed by atoms with van der Waals surface area (Å²) in [4.78, 5) is 5.17. The molecule has 3 aliphatic rings. The number of rotatable bonds is 12. The normalized spacial score (nSPS) is 25.2. The third-order valence-corrected chi connectivity index (χ3v) is 9.54. The summed E-state index contributed by atoms with van der Waals surface area (Å²) in [7, 11) is 0. The van der Waals surface area contributed by atoms with Crippen LogP contribution in [0.1, 0.15) is 120 Å². The van der Waals surface area contributed by atoms with Crippen molar-refractivity contribution in [2.45, 2.75) is 156 Å². The maximum Gasteiger partial charge on any atom is 0.0608 e. The molecule has 1 saturated carbocycles. The second kappa shape index (κ2) is 13.5. The highest BCUT2D eigenvalue weighted by Gasteiger charge is 2.36. The number of likely N-dealkylation sites (tertiary alicyclic amines) is 1. The van der Waals surface area contributed by atoms with Crippen molar-refractivity contribution in [3.63, 3.8) is 0 Å². The monoisotopic (exact) mass is 583 g/mol. The molecule has 0 spiro atoms. The molecule has 0 amide bonds. The van der Waals surface area contributed by atoms with Crippen LogP contribution in [0.15, 0.2) is 24.3 Å². The Morgan fingerprint density at radius 3 is 1.98 bits per heavy atom. The average molecular weight is 583 g/mol. The number of benzene rings is 1. The second-order valence-corrected chi connectivity index (χ2v) is 17.8. The molecule has 1 aromatic rings. The highest BCUT2D eigenvalue weighted by Crippen LogP contribution is 2.34. The zero-order valence-corrected chi connectivity index (χ0v) is 29.1. The Balaban J connectivity index is 1.13. The molecule has 1 aromatic carbocycles. The van der Waals surface area contributed by atoms with Crippen LogP contribution in [0, 0.1) is 10.8 Å². The summed E-state index contributed by atoms with van der Waals surface area (Å²) in [6.45, 7) is 29.3. The van der Waals surface area contributed by atoms with Crippen molar-refractivity contribution in [3.05, 3.63) is 29.8 Å². The fraction of sp³-hybridized carbons (Fsp3) is 0.838. The van der Waals surface area contributed by atoms with E-state index in [-0.39, 0.29) is 16.5 Å². The van der Waals surface area contributed by atoms with Crippen LogP contribution in [-0.2, 0) is 11.2 Å². The summed E-state index contributed by atoms with van der Waals surface area (Å²) in [5.74, 6) is 0. The predicted molar refractivity (Wildman–Crippen MR) is 181 cm³/mol. The number of nitrogens with one attached hydrogen (secondary N) is 2. The molecule has 240 valence electrons. The number of hydrogen-bond donors (Lipinski definition) is 2. The first kappa shape index (κ1) is 33.7. The lowest BCUT2D eigenvalue weighted by Gasteiger charge is -2.44. The maximum atomic E-state index is 6.52. The molecule has 0 aromatic heterocycles. The molecule has 2 saturated heterocycles. The van der Waals surface area contributed by atoms with Crippen LogP contribution >= 0.6 is 0 Å². The van der Waals surface area contributed by atoms with Crippen LogP contribution < -0.4 is 15.5 Å². The topological polar surface area (TPSA) is 39.8 Å². The summed E-state index contributed by atoms with van der Waals surface area (Å²) >= 11 is 0. The molecule has 1 aliphatic carbocycles. The van der Waals surface area contributed by atoms with E-state index in [1.165, 1.54) is 75.8 Å². The molecule has 4 rings (SSSR count). The lowest BCUT2D eigenvalue weighted by molar-refractivity contribution is -0.0888. The van der Waals surface area contributed by atoms with Gasteiger partial charge in [-0.25, -0.2) is 0 Å². The second-order valence-electron chi connectivity index (χ2n) is 17.8. The molecule has 2 aliphatic heterocycles. The van der Waals surface area contributed by atoms with Crippen LogP contribution in [0.25, 0.3) is 0 Å². The Labute approximate surface area is 259 Å². The molecular weight excluding hydrogens is 516 g/mol. The molecule has 1 atom stereocenters. The van der Waals surface area contributed by atoms with Gasteiger partial charge in [0.1, 0.15) is 0 Å². The van der Waals surface area contributed by atoms with Gasteiger partial charge in [0, 0.05) is 61.6 Å². The molecule has 42 heavy (non-hydrogen) atoms. The predicted octanol–water partition coefficient (Wildman–Crippen LogP) is 7.43. The van der Waals surface area contributed by atoms with Gasteiger partial charge >= 0.3 is 0 Å². The molecule has 2 heterocycles. The molecule has 2 N–H and O–H groups in total. The number of ether oxygens (including phenoxy) is 1. The first-order chi connectivity index (χ1) is 19.4. The van der Waals surface area contributed by atoms with E-state index < -0.39 is 0 Å². The van der Waals surface area contributed by atoms with E-state index >= 15 is 0 Å². The van der Waals surface area contributed by atoms with Gasteiger partial charge in [-0.15, -0.1) is 0 Å². The van der Waals surface area contributed by atoms with Crippen LogP contribution in [-0.4, -0.2) is 73.0 Å². The minimum atomic E-state index is 0.155. The van der Waals surface area contributed by atoms with Gasteiger partial charge in [0.05, 0.1) is 12.2 Å². The molecular formula is C37H66N4O. The van der Waals surface area contributed by atoms with E-state index in [0.29, 0.717) is 29.7 Å². The van der Waals surface area contributed by atoms with E-state index in [2.05, 4.69) is 114 Å². The highest BCUT2D eigenvalue weighted by atomic mass is 16.5. The Morgan fingerprint density at radius 1 is 0.738 bits per heavy atom.